The smallest absolute Gasteiger partial charge is 0.162 e. The summed E-state index contributed by atoms with van der Waals surface area (Å²) in [7, 11) is 0. The van der Waals surface area contributed by atoms with E-state index in [1.165, 1.54) is 5.57 Å². The maximum atomic E-state index is 12.1. The molecule has 0 spiro atoms. The van der Waals surface area contributed by atoms with E-state index in [2.05, 4.69) is 13.8 Å². The molecule has 0 saturated heterocycles. The molecule has 0 aromatic carbocycles. The molecule has 0 unspecified atom stereocenters. The Kier molecular flexibility index (Phi) is 3.01. The van der Waals surface area contributed by atoms with Gasteiger partial charge < -0.3 is 5.11 Å². The number of allylic oxidation sites excluding steroid dienone is 1. The summed E-state index contributed by atoms with van der Waals surface area (Å²) in [5.74, 6) is 1.80. The number of hydrogen-bond donors (Lipinski definition) is 1. The lowest BCUT2D eigenvalue weighted by Crippen LogP contribution is -2.51. The largest absolute Gasteiger partial charge is 0.385 e. The van der Waals surface area contributed by atoms with Crippen LogP contribution in [0.25, 0.3) is 0 Å². The Morgan fingerprint density at radius 3 is 2.64 bits per heavy atom. The topological polar surface area (TPSA) is 54.4 Å². The second-order valence-corrected chi connectivity index (χ2v) is 8.59. The van der Waals surface area contributed by atoms with Crippen LogP contribution >= 0.6 is 0 Å². The summed E-state index contributed by atoms with van der Waals surface area (Å²) in [6, 6.07) is 0. The van der Waals surface area contributed by atoms with Gasteiger partial charge in [-0.1, -0.05) is 19.4 Å². The van der Waals surface area contributed by atoms with E-state index in [0.29, 0.717) is 30.6 Å². The van der Waals surface area contributed by atoms with E-state index < -0.39 is 6.10 Å². The number of aliphatic hydroxyl groups excluding tert-OH is 1. The molecule has 4 rings (SSSR count). The third-order valence-electron chi connectivity index (χ3n) is 7.75. The van der Waals surface area contributed by atoms with Gasteiger partial charge in [0.05, 0.1) is 0 Å². The minimum atomic E-state index is -0.754. The highest BCUT2D eigenvalue weighted by atomic mass is 16.3. The average Bonchev–Trinajstić information content (AvgIpc) is 2.72. The lowest BCUT2D eigenvalue weighted by Gasteiger charge is -2.57. The van der Waals surface area contributed by atoms with Crippen molar-refractivity contribution < 1.29 is 14.7 Å². The molecule has 3 saturated carbocycles. The summed E-state index contributed by atoms with van der Waals surface area (Å²) in [6.07, 6.45) is 7.49. The van der Waals surface area contributed by atoms with Gasteiger partial charge in [0, 0.05) is 18.3 Å². The molecular formula is C19H26O3. The van der Waals surface area contributed by atoms with Gasteiger partial charge in [0.15, 0.2) is 11.6 Å². The van der Waals surface area contributed by atoms with Crippen molar-refractivity contribution in [3.8, 4) is 0 Å². The average molecular weight is 302 g/mol. The Labute approximate surface area is 132 Å². The molecule has 120 valence electrons. The van der Waals surface area contributed by atoms with Crippen molar-refractivity contribution in [1.29, 1.82) is 0 Å². The van der Waals surface area contributed by atoms with E-state index >= 15 is 0 Å². The van der Waals surface area contributed by atoms with Gasteiger partial charge in [-0.3, -0.25) is 9.59 Å². The third-order valence-corrected chi connectivity index (χ3v) is 7.75. The normalized spacial score (nSPS) is 51.0. The van der Waals surface area contributed by atoms with Crippen LogP contribution in [0.15, 0.2) is 11.6 Å². The van der Waals surface area contributed by atoms with Gasteiger partial charge in [-0.2, -0.15) is 0 Å². The summed E-state index contributed by atoms with van der Waals surface area (Å²) in [4.78, 5) is 23.9. The molecule has 3 heteroatoms. The van der Waals surface area contributed by atoms with Crippen LogP contribution in [0.5, 0.6) is 0 Å². The zero-order chi connectivity index (χ0) is 15.7. The van der Waals surface area contributed by atoms with Crippen LogP contribution < -0.4 is 0 Å². The first-order valence-electron chi connectivity index (χ1n) is 8.81. The van der Waals surface area contributed by atoms with E-state index in [1.807, 2.05) is 6.08 Å². The molecule has 6 atom stereocenters. The van der Waals surface area contributed by atoms with Gasteiger partial charge >= 0.3 is 0 Å². The molecule has 0 aromatic rings. The number of hydrogen-bond acceptors (Lipinski definition) is 3. The third kappa shape index (κ3) is 1.72. The van der Waals surface area contributed by atoms with Crippen molar-refractivity contribution in [1.82, 2.24) is 0 Å². The van der Waals surface area contributed by atoms with Crippen LogP contribution in [-0.2, 0) is 9.59 Å². The van der Waals surface area contributed by atoms with Crippen molar-refractivity contribution in [2.45, 2.75) is 64.9 Å². The van der Waals surface area contributed by atoms with Crippen LogP contribution in [0.3, 0.4) is 0 Å². The van der Waals surface area contributed by atoms with Gasteiger partial charge in [-0.15, -0.1) is 0 Å². The number of rotatable bonds is 0. The van der Waals surface area contributed by atoms with E-state index in [0.717, 1.165) is 32.1 Å². The summed E-state index contributed by atoms with van der Waals surface area (Å²) < 4.78 is 0. The Balaban J connectivity index is 1.70. The maximum absolute atomic E-state index is 12.1. The highest BCUT2D eigenvalue weighted by Crippen LogP contribution is 2.64. The zero-order valence-electron chi connectivity index (χ0n) is 13.6. The molecule has 0 heterocycles. The molecule has 0 bridgehead atoms. The first-order chi connectivity index (χ1) is 10.4. The van der Waals surface area contributed by atoms with Crippen molar-refractivity contribution >= 4 is 11.6 Å². The second kappa shape index (κ2) is 4.53. The number of carbonyl (C=O) groups is 2. The highest BCUT2D eigenvalue weighted by Gasteiger charge is 2.61. The Bertz CT molecular complexity index is 577. The van der Waals surface area contributed by atoms with E-state index in [4.69, 9.17) is 0 Å². The van der Waals surface area contributed by atoms with Crippen molar-refractivity contribution in [2.24, 2.45) is 28.6 Å². The fourth-order valence-corrected chi connectivity index (χ4v) is 6.33. The van der Waals surface area contributed by atoms with Crippen LogP contribution in [0, 0.1) is 28.6 Å². The maximum Gasteiger partial charge on any atom is 0.162 e. The van der Waals surface area contributed by atoms with Crippen LogP contribution in [-0.4, -0.2) is 22.8 Å². The minimum Gasteiger partial charge on any atom is -0.385 e. The zero-order valence-corrected chi connectivity index (χ0v) is 13.6. The van der Waals surface area contributed by atoms with Gasteiger partial charge in [0.1, 0.15) is 6.10 Å². The fraction of sp³-hybridized carbons (Fsp3) is 0.789. The number of carbonyl (C=O) groups excluding carboxylic acids is 2. The molecule has 0 radical (unpaired) electrons. The summed E-state index contributed by atoms with van der Waals surface area (Å²) in [6.45, 7) is 4.47. The highest BCUT2D eigenvalue weighted by molar-refractivity contribution is 5.91. The van der Waals surface area contributed by atoms with Gasteiger partial charge in [-0.25, -0.2) is 0 Å². The van der Waals surface area contributed by atoms with E-state index in [1.54, 1.807) is 0 Å². The first-order valence-corrected chi connectivity index (χ1v) is 8.81. The van der Waals surface area contributed by atoms with Crippen LogP contribution in [0.4, 0.5) is 0 Å². The predicted octanol–water partition coefficient (Wildman–Crippen LogP) is 3.06. The van der Waals surface area contributed by atoms with Crippen LogP contribution in [0.1, 0.15) is 58.8 Å². The van der Waals surface area contributed by atoms with Gasteiger partial charge in [0.2, 0.25) is 0 Å². The lowest BCUT2D eigenvalue weighted by atomic mass is 9.47. The number of ketones is 2. The van der Waals surface area contributed by atoms with Crippen molar-refractivity contribution in [3.05, 3.63) is 11.6 Å². The molecule has 22 heavy (non-hydrogen) atoms. The summed E-state index contributed by atoms with van der Waals surface area (Å²) in [5, 5.41) is 10.4. The second-order valence-electron chi connectivity index (χ2n) is 8.59. The molecule has 0 aliphatic heterocycles. The van der Waals surface area contributed by atoms with Gasteiger partial charge in [0.25, 0.3) is 0 Å². The van der Waals surface area contributed by atoms with Gasteiger partial charge in [-0.05, 0) is 61.3 Å². The first kappa shape index (κ1) is 14.6. The Morgan fingerprint density at radius 1 is 1.09 bits per heavy atom. The van der Waals surface area contributed by atoms with Crippen LogP contribution in [0.2, 0.25) is 0 Å². The molecule has 0 amide bonds. The lowest BCUT2D eigenvalue weighted by molar-refractivity contribution is -0.129. The quantitative estimate of drug-likeness (QED) is 0.748. The Morgan fingerprint density at radius 2 is 1.86 bits per heavy atom. The molecule has 3 fully saturated rings. The minimum absolute atomic E-state index is 0.0541. The standard InChI is InChI=1S/C19H26O3/c1-18-7-5-12(20)9-11(18)3-4-13-14(18)6-8-19(2)15(13)10-16(21)17(19)22/h9,13-15,17,22H,3-8,10H2,1-2H3/t13-,14+,15+,17-,18-,19-/m0/s1. The van der Waals surface area contributed by atoms with E-state index in [9.17, 15) is 14.7 Å². The number of aliphatic hydroxyl groups is 1. The van der Waals surface area contributed by atoms with E-state index in [-0.39, 0.29) is 22.4 Å². The monoisotopic (exact) mass is 302 g/mol. The fourth-order valence-electron chi connectivity index (χ4n) is 6.33. The molecule has 4 aliphatic rings. The summed E-state index contributed by atoms with van der Waals surface area (Å²) in [5.41, 5.74) is 1.30. The molecule has 0 aromatic heterocycles. The molecule has 3 nitrogen and oxygen atoms in total. The molecule has 4 aliphatic carbocycles. The number of fused-ring (bicyclic) bond motifs is 5. The predicted molar refractivity (Wildman–Crippen MR) is 83.1 cm³/mol. The molecule has 1 N–H and O–H groups in total. The van der Waals surface area contributed by atoms with Crippen molar-refractivity contribution in [3.63, 3.8) is 0 Å². The van der Waals surface area contributed by atoms with Crippen molar-refractivity contribution in [2.75, 3.05) is 0 Å². The molecular weight excluding hydrogens is 276 g/mol. The summed E-state index contributed by atoms with van der Waals surface area (Å²) >= 11 is 0. The Hall–Kier alpha value is -0.960. The SMILES string of the molecule is C[C@]12CC[C@@H]3[C@H](CCC4=CC(=O)CC[C@@]43C)[C@H]1CC(=O)[C@@H]2O. The number of Topliss-reactive ketones (excluding diaryl/α,β-unsaturated/α-hetero) is 1.